The second kappa shape index (κ2) is 9.00. The van der Waals surface area contributed by atoms with Crippen molar-refractivity contribution in [3.63, 3.8) is 0 Å². The maximum absolute atomic E-state index is 9.66. The molecule has 0 saturated carbocycles. The smallest absolute Gasteiger partial charge is 0.0741 e. The second-order valence-corrected chi connectivity index (χ2v) is 5.52. The van der Waals surface area contributed by atoms with E-state index in [1.807, 2.05) is 0 Å². The molecule has 0 amide bonds. The standard InChI is InChI=1S/C14H31NO/c1-4-5-6-7-8-9-10-11-12-13(15)14(2,3)16/h13,16H,4-12,15H2,1-3H3. The molecule has 0 heterocycles. The van der Waals surface area contributed by atoms with Crippen molar-refractivity contribution in [2.75, 3.05) is 0 Å². The monoisotopic (exact) mass is 229 g/mol. The fourth-order valence-electron chi connectivity index (χ4n) is 1.85. The van der Waals surface area contributed by atoms with Gasteiger partial charge in [-0.3, -0.25) is 0 Å². The highest BCUT2D eigenvalue weighted by atomic mass is 16.3. The van der Waals surface area contributed by atoms with Gasteiger partial charge in [-0.05, 0) is 20.3 Å². The predicted octanol–water partition coefficient (Wildman–Crippen LogP) is 3.62. The van der Waals surface area contributed by atoms with Crippen molar-refractivity contribution in [3.8, 4) is 0 Å². The van der Waals surface area contributed by atoms with Gasteiger partial charge in [-0.15, -0.1) is 0 Å². The molecule has 1 unspecified atom stereocenters. The summed E-state index contributed by atoms with van der Waals surface area (Å²) in [4.78, 5) is 0. The minimum absolute atomic E-state index is 0.0763. The fraction of sp³-hybridized carbons (Fsp3) is 1.00. The summed E-state index contributed by atoms with van der Waals surface area (Å²) in [5.74, 6) is 0. The molecule has 0 fully saturated rings. The van der Waals surface area contributed by atoms with Gasteiger partial charge in [0, 0.05) is 6.04 Å². The van der Waals surface area contributed by atoms with E-state index in [-0.39, 0.29) is 6.04 Å². The Hall–Kier alpha value is -0.0800. The van der Waals surface area contributed by atoms with Gasteiger partial charge in [-0.25, -0.2) is 0 Å². The number of aliphatic hydroxyl groups is 1. The van der Waals surface area contributed by atoms with Crippen molar-refractivity contribution in [2.24, 2.45) is 5.73 Å². The summed E-state index contributed by atoms with van der Waals surface area (Å²) >= 11 is 0. The van der Waals surface area contributed by atoms with Crippen molar-refractivity contribution in [1.82, 2.24) is 0 Å². The summed E-state index contributed by atoms with van der Waals surface area (Å²) in [6, 6.07) is -0.0763. The van der Waals surface area contributed by atoms with Crippen LogP contribution in [0.25, 0.3) is 0 Å². The molecule has 0 bridgehead atoms. The molecule has 0 saturated heterocycles. The van der Waals surface area contributed by atoms with E-state index in [1.54, 1.807) is 13.8 Å². The van der Waals surface area contributed by atoms with Crippen LogP contribution >= 0.6 is 0 Å². The number of hydrogen-bond acceptors (Lipinski definition) is 2. The summed E-state index contributed by atoms with van der Waals surface area (Å²) in [6.45, 7) is 5.84. The van der Waals surface area contributed by atoms with Crippen molar-refractivity contribution in [2.45, 2.75) is 90.2 Å². The molecule has 0 aliphatic rings. The molecule has 0 aromatic carbocycles. The van der Waals surface area contributed by atoms with Crippen molar-refractivity contribution in [1.29, 1.82) is 0 Å². The SMILES string of the molecule is CCCCCCCCCCC(N)C(C)(C)O. The van der Waals surface area contributed by atoms with Crippen LogP contribution in [0.3, 0.4) is 0 Å². The molecule has 16 heavy (non-hydrogen) atoms. The van der Waals surface area contributed by atoms with E-state index in [0.29, 0.717) is 0 Å². The first-order valence-corrected chi connectivity index (χ1v) is 6.96. The molecular formula is C14H31NO. The highest BCUT2D eigenvalue weighted by molar-refractivity contribution is 4.79. The van der Waals surface area contributed by atoms with E-state index in [9.17, 15) is 5.11 Å². The molecule has 0 aromatic heterocycles. The second-order valence-electron chi connectivity index (χ2n) is 5.52. The lowest BCUT2D eigenvalue weighted by Gasteiger charge is -2.25. The van der Waals surface area contributed by atoms with Gasteiger partial charge in [0.2, 0.25) is 0 Å². The van der Waals surface area contributed by atoms with Gasteiger partial charge in [0.05, 0.1) is 5.60 Å². The minimum Gasteiger partial charge on any atom is -0.389 e. The van der Waals surface area contributed by atoms with Crippen LogP contribution in [0.2, 0.25) is 0 Å². The highest BCUT2D eigenvalue weighted by Crippen LogP contribution is 2.15. The van der Waals surface area contributed by atoms with E-state index in [1.165, 1.54) is 44.9 Å². The minimum atomic E-state index is -0.721. The first kappa shape index (κ1) is 15.9. The summed E-state index contributed by atoms with van der Waals surface area (Å²) < 4.78 is 0. The zero-order valence-electron chi connectivity index (χ0n) is 11.5. The zero-order valence-corrected chi connectivity index (χ0v) is 11.5. The maximum Gasteiger partial charge on any atom is 0.0741 e. The average Bonchev–Trinajstić information content (AvgIpc) is 2.20. The fourth-order valence-corrected chi connectivity index (χ4v) is 1.85. The third-order valence-corrected chi connectivity index (χ3v) is 3.28. The Morgan fingerprint density at radius 2 is 1.38 bits per heavy atom. The van der Waals surface area contributed by atoms with Gasteiger partial charge in [0.1, 0.15) is 0 Å². The Balaban J connectivity index is 3.21. The van der Waals surface area contributed by atoms with Crippen LogP contribution in [0.1, 0.15) is 78.6 Å². The third-order valence-electron chi connectivity index (χ3n) is 3.28. The Morgan fingerprint density at radius 3 is 1.81 bits per heavy atom. The lowest BCUT2D eigenvalue weighted by Crippen LogP contribution is -2.42. The molecule has 1 atom stereocenters. The van der Waals surface area contributed by atoms with E-state index >= 15 is 0 Å². The molecule has 0 aromatic rings. The van der Waals surface area contributed by atoms with Crippen molar-refractivity contribution < 1.29 is 5.11 Å². The molecule has 3 N–H and O–H groups in total. The van der Waals surface area contributed by atoms with Gasteiger partial charge in [-0.2, -0.15) is 0 Å². The first-order chi connectivity index (χ1) is 7.48. The predicted molar refractivity (Wildman–Crippen MR) is 71.5 cm³/mol. The van der Waals surface area contributed by atoms with Crippen LogP contribution in [0, 0.1) is 0 Å². The van der Waals surface area contributed by atoms with Gasteiger partial charge >= 0.3 is 0 Å². The summed E-state index contributed by atoms with van der Waals surface area (Å²) in [7, 11) is 0. The Morgan fingerprint density at radius 1 is 0.938 bits per heavy atom. The van der Waals surface area contributed by atoms with Crippen LogP contribution in [-0.4, -0.2) is 16.7 Å². The van der Waals surface area contributed by atoms with Gasteiger partial charge in [0.25, 0.3) is 0 Å². The largest absolute Gasteiger partial charge is 0.389 e. The Bertz CT molecular complexity index is 151. The first-order valence-electron chi connectivity index (χ1n) is 6.96. The van der Waals surface area contributed by atoms with Crippen LogP contribution in [-0.2, 0) is 0 Å². The lowest BCUT2D eigenvalue weighted by atomic mass is 9.94. The molecule has 0 rings (SSSR count). The van der Waals surface area contributed by atoms with Crippen molar-refractivity contribution in [3.05, 3.63) is 0 Å². The van der Waals surface area contributed by atoms with Gasteiger partial charge < -0.3 is 10.8 Å². The summed E-state index contributed by atoms with van der Waals surface area (Å²) in [5.41, 5.74) is 5.16. The molecule has 0 aliphatic heterocycles. The Labute approximate surface area is 102 Å². The van der Waals surface area contributed by atoms with Crippen LogP contribution < -0.4 is 5.73 Å². The van der Waals surface area contributed by atoms with Gasteiger partial charge in [-0.1, -0.05) is 58.3 Å². The number of hydrogen-bond donors (Lipinski definition) is 2. The molecule has 2 nitrogen and oxygen atoms in total. The van der Waals surface area contributed by atoms with Crippen molar-refractivity contribution >= 4 is 0 Å². The molecule has 0 radical (unpaired) electrons. The van der Waals surface area contributed by atoms with Gasteiger partial charge in [0.15, 0.2) is 0 Å². The van der Waals surface area contributed by atoms with E-state index in [0.717, 1.165) is 12.8 Å². The summed E-state index contributed by atoms with van der Waals surface area (Å²) in [5, 5.41) is 9.66. The molecule has 98 valence electrons. The molecule has 0 spiro atoms. The molecular weight excluding hydrogens is 198 g/mol. The van der Waals surface area contributed by atoms with Crippen LogP contribution in [0.15, 0.2) is 0 Å². The maximum atomic E-state index is 9.66. The topological polar surface area (TPSA) is 46.2 Å². The molecule has 0 aliphatic carbocycles. The number of nitrogens with two attached hydrogens (primary N) is 1. The third kappa shape index (κ3) is 9.17. The number of rotatable bonds is 10. The van der Waals surface area contributed by atoms with Crippen LogP contribution in [0.4, 0.5) is 0 Å². The summed E-state index contributed by atoms with van der Waals surface area (Å²) in [6.07, 6.45) is 11.5. The number of unbranched alkanes of at least 4 members (excludes halogenated alkanes) is 7. The Kier molecular flexibility index (Phi) is 8.96. The highest BCUT2D eigenvalue weighted by Gasteiger charge is 2.21. The van der Waals surface area contributed by atoms with E-state index in [4.69, 9.17) is 5.73 Å². The quantitative estimate of drug-likeness (QED) is 0.562. The lowest BCUT2D eigenvalue weighted by molar-refractivity contribution is 0.0482. The van der Waals surface area contributed by atoms with E-state index < -0.39 is 5.60 Å². The zero-order chi connectivity index (χ0) is 12.4. The van der Waals surface area contributed by atoms with Crippen LogP contribution in [0.5, 0.6) is 0 Å². The normalized spacial score (nSPS) is 14.1. The van der Waals surface area contributed by atoms with E-state index in [2.05, 4.69) is 6.92 Å². The average molecular weight is 229 g/mol. The molecule has 2 heteroatoms.